The lowest BCUT2D eigenvalue weighted by Crippen LogP contribution is -2.30. The smallest absolute Gasteiger partial charge is 0.338 e. The molecule has 2 amide bonds. The zero-order valence-corrected chi connectivity index (χ0v) is 17.5. The second-order valence-electron chi connectivity index (χ2n) is 6.46. The Morgan fingerprint density at radius 2 is 1.63 bits per heavy atom. The van der Waals surface area contributed by atoms with Crippen molar-refractivity contribution in [3.05, 3.63) is 53.6 Å². The highest BCUT2D eigenvalue weighted by atomic mass is 16.5. The number of hydrogen-bond donors (Lipinski definition) is 2. The van der Waals surface area contributed by atoms with Crippen molar-refractivity contribution in [3.63, 3.8) is 0 Å². The van der Waals surface area contributed by atoms with Crippen LogP contribution >= 0.6 is 0 Å². The van der Waals surface area contributed by atoms with E-state index in [9.17, 15) is 14.4 Å². The number of anilines is 2. The van der Waals surface area contributed by atoms with E-state index in [0.29, 0.717) is 41.5 Å². The van der Waals surface area contributed by atoms with E-state index in [1.54, 1.807) is 42.5 Å². The largest absolute Gasteiger partial charge is 0.496 e. The molecule has 1 atom stereocenters. The maximum absolute atomic E-state index is 12.5. The van der Waals surface area contributed by atoms with Crippen molar-refractivity contribution >= 4 is 29.2 Å². The fraction of sp³-hybridized carbons (Fsp3) is 0.318. The maximum Gasteiger partial charge on any atom is 0.338 e. The summed E-state index contributed by atoms with van der Waals surface area (Å²) in [5.41, 5.74) is 2.14. The number of benzene rings is 2. The van der Waals surface area contributed by atoms with Crippen molar-refractivity contribution in [2.24, 2.45) is 0 Å². The summed E-state index contributed by atoms with van der Waals surface area (Å²) in [7, 11) is 1.54. The fourth-order valence-corrected chi connectivity index (χ4v) is 2.60. The van der Waals surface area contributed by atoms with E-state index in [0.717, 1.165) is 0 Å². The van der Waals surface area contributed by atoms with Gasteiger partial charge in [0.25, 0.3) is 5.91 Å². The number of nitrogens with one attached hydrogen (secondary N) is 2. The van der Waals surface area contributed by atoms with Gasteiger partial charge in [0, 0.05) is 30.5 Å². The van der Waals surface area contributed by atoms with E-state index in [1.165, 1.54) is 21.0 Å². The van der Waals surface area contributed by atoms with Gasteiger partial charge in [0.1, 0.15) is 5.75 Å². The predicted octanol–water partition coefficient (Wildman–Crippen LogP) is 3.37. The van der Waals surface area contributed by atoms with Crippen molar-refractivity contribution in [1.29, 1.82) is 0 Å². The van der Waals surface area contributed by atoms with Crippen LogP contribution in [0.4, 0.5) is 11.4 Å². The molecule has 0 saturated heterocycles. The third-order valence-electron chi connectivity index (χ3n) is 4.10. The van der Waals surface area contributed by atoms with Gasteiger partial charge in [-0.25, -0.2) is 4.79 Å². The molecule has 0 aliphatic rings. The Hall–Kier alpha value is -3.39. The monoisotopic (exact) mass is 414 g/mol. The minimum absolute atomic E-state index is 0.185. The normalized spacial score (nSPS) is 11.3. The molecule has 160 valence electrons. The summed E-state index contributed by atoms with van der Waals surface area (Å²) >= 11 is 0. The van der Waals surface area contributed by atoms with Gasteiger partial charge < -0.3 is 24.8 Å². The molecule has 2 aromatic carbocycles. The predicted molar refractivity (Wildman–Crippen MR) is 113 cm³/mol. The Balaban J connectivity index is 1.99. The summed E-state index contributed by atoms with van der Waals surface area (Å²) in [6.07, 6.45) is -1.01. The SMILES string of the molecule is CCOCc1cc(C(=O)O[C@@H](C)C(=O)Nc2ccc(NC(C)=O)cc2)ccc1OC. The molecule has 8 heteroatoms. The van der Waals surface area contributed by atoms with Crippen LogP contribution in [0.1, 0.15) is 36.7 Å². The molecule has 0 spiro atoms. The lowest BCUT2D eigenvalue weighted by molar-refractivity contribution is -0.123. The van der Waals surface area contributed by atoms with Crippen molar-refractivity contribution in [2.75, 3.05) is 24.4 Å². The highest BCUT2D eigenvalue weighted by Crippen LogP contribution is 2.22. The van der Waals surface area contributed by atoms with Crippen LogP contribution in [-0.4, -0.2) is 37.6 Å². The van der Waals surface area contributed by atoms with Gasteiger partial charge in [-0.15, -0.1) is 0 Å². The van der Waals surface area contributed by atoms with Crippen LogP contribution in [0.25, 0.3) is 0 Å². The molecule has 0 aliphatic heterocycles. The van der Waals surface area contributed by atoms with Crippen LogP contribution in [-0.2, 0) is 25.7 Å². The summed E-state index contributed by atoms with van der Waals surface area (Å²) < 4.78 is 16.0. The zero-order valence-electron chi connectivity index (χ0n) is 17.5. The molecule has 0 radical (unpaired) electrons. The Bertz CT molecular complexity index is 895. The Kier molecular flexibility index (Phi) is 8.37. The summed E-state index contributed by atoms with van der Waals surface area (Å²) in [6.45, 7) is 5.60. The molecule has 30 heavy (non-hydrogen) atoms. The third-order valence-corrected chi connectivity index (χ3v) is 4.10. The van der Waals surface area contributed by atoms with Crippen LogP contribution in [0.3, 0.4) is 0 Å². The first-order valence-corrected chi connectivity index (χ1v) is 9.48. The molecular weight excluding hydrogens is 388 g/mol. The molecule has 2 rings (SSSR count). The zero-order chi connectivity index (χ0) is 22.1. The van der Waals surface area contributed by atoms with Crippen molar-refractivity contribution in [3.8, 4) is 5.75 Å². The van der Waals surface area contributed by atoms with Gasteiger partial charge in [-0.1, -0.05) is 0 Å². The van der Waals surface area contributed by atoms with E-state index in [4.69, 9.17) is 14.2 Å². The maximum atomic E-state index is 12.5. The molecule has 2 N–H and O–H groups in total. The van der Waals surface area contributed by atoms with Gasteiger partial charge in [0.15, 0.2) is 6.10 Å². The quantitative estimate of drug-likeness (QED) is 0.610. The minimum Gasteiger partial charge on any atom is -0.496 e. The van der Waals surface area contributed by atoms with E-state index in [-0.39, 0.29) is 5.91 Å². The van der Waals surface area contributed by atoms with Gasteiger partial charge in [-0.05, 0) is 56.3 Å². The first kappa shape index (κ1) is 22.9. The lowest BCUT2D eigenvalue weighted by atomic mass is 10.1. The average Bonchev–Trinajstić information content (AvgIpc) is 2.72. The number of carbonyl (C=O) groups excluding carboxylic acids is 3. The summed E-state index contributed by atoms with van der Waals surface area (Å²) in [5.74, 6) is -0.679. The van der Waals surface area contributed by atoms with E-state index in [1.807, 2.05) is 6.92 Å². The number of hydrogen-bond acceptors (Lipinski definition) is 6. The topological polar surface area (TPSA) is 103 Å². The highest BCUT2D eigenvalue weighted by molar-refractivity contribution is 5.97. The van der Waals surface area contributed by atoms with Gasteiger partial charge >= 0.3 is 5.97 Å². The number of amides is 2. The first-order valence-electron chi connectivity index (χ1n) is 9.48. The molecule has 0 saturated carbocycles. The fourth-order valence-electron chi connectivity index (χ4n) is 2.60. The van der Waals surface area contributed by atoms with Gasteiger partial charge in [-0.3, -0.25) is 9.59 Å². The number of methoxy groups -OCH3 is 1. The summed E-state index contributed by atoms with van der Waals surface area (Å²) in [6, 6.07) is 11.5. The van der Waals surface area contributed by atoms with Crippen LogP contribution in [0.15, 0.2) is 42.5 Å². The first-order chi connectivity index (χ1) is 14.3. The molecule has 2 aromatic rings. The third kappa shape index (κ3) is 6.59. The molecular formula is C22H26N2O6. The highest BCUT2D eigenvalue weighted by Gasteiger charge is 2.20. The van der Waals surface area contributed by atoms with Crippen LogP contribution in [0.2, 0.25) is 0 Å². The van der Waals surface area contributed by atoms with Gasteiger partial charge in [-0.2, -0.15) is 0 Å². The Morgan fingerprint density at radius 3 is 2.20 bits per heavy atom. The Labute approximate surface area is 175 Å². The number of carbonyl (C=O) groups is 3. The second-order valence-corrected chi connectivity index (χ2v) is 6.46. The van der Waals surface area contributed by atoms with Crippen molar-refractivity contribution in [2.45, 2.75) is 33.5 Å². The lowest BCUT2D eigenvalue weighted by Gasteiger charge is -2.15. The van der Waals surface area contributed by atoms with Gasteiger partial charge in [0.2, 0.25) is 5.91 Å². The number of esters is 1. The van der Waals surface area contributed by atoms with E-state index < -0.39 is 18.0 Å². The second kappa shape index (κ2) is 11.0. The molecule has 0 heterocycles. The molecule has 0 fully saturated rings. The van der Waals surface area contributed by atoms with Crippen LogP contribution in [0, 0.1) is 0 Å². The van der Waals surface area contributed by atoms with Crippen LogP contribution in [0.5, 0.6) is 5.75 Å². The minimum atomic E-state index is -1.01. The standard InChI is InChI=1S/C22H26N2O6/c1-5-29-13-17-12-16(6-11-20(17)28-4)22(27)30-14(2)21(26)24-19-9-7-18(8-10-19)23-15(3)25/h6-12,14H,5,13H2,1-4H3,(H,23,25)(H,24,26)/t14-/m0/s1. The van der Waals surface area contributed by atoms with Crippen molar-refractivity contribution in [1.82, 2.24) is 0 Å². The summed E-state index contributed by atoms with van der Waals surface area (Å²) in [4.78, 5) is 35.9. The van der Waals surface area contributed by atoms with Crippen LogP contribution < -0.4 is 15.4 Å². The summed E-state index contributed by atoms with van der Waals surface area (Å²) in [5, 5.41) is 5.31. The molecule has 0 aromatic heterocycles. The molecule has 0 bridgehead atoms. The molecule has 0 unspecified atom stereocenters. The molecule has 8 nitrogen and oxygen atoms in total. The average molecular weight is 414 g/mol. The van der Waals surface area contributed by atoms with E-state index >= 15 is 0 Å². The molecule has 0 aliphatic carbocycles. The van der Waals surface area contributed by atoms with E-state index in [2.05, 4.69) is 10.6 Å². The Morgan fingerprint density at radius 1 is 1.00 bits per heavy atom. The number of rotatable bonds is 9. The van der Waals surface area contributed by atoms with Gasteiger partial charge in [0.05, 0.1) is 19.3 Å². The number of ether oxygens (including phenoxy) is 3. The van der Waals surface area contributed by atoms with Crippen molar-refractivity contribution < 1.29 is 28.6 Å².